The van der Waals surface area contributed by atoms with Crippen LogP contribution in [0.15, 0.2) is 0 Å². The van der Waals surface area contributed by atoms with E-state index in [0.717, 1.165) is 77.2 Å². The molecule has 0 spiro atoms. The number of rotatable bonds is 25. The molecule has 0 aromatic heterocycles. The quantitative estimate of drug-likeness (QED) is 0.0394. The topological polar surface area (TPSA) is 443 Å². The van der Waals surface area contributed by atoms with Crippen molar-refractivity contribution in [2.24, 2.45) is 0 Å². The molecule has 0 saturated heterocycles. The van der Waals surface area contributed by atoms with Crippen LogP contribution in [0.3, 0.4) is 0 Å². The van der Waals surface area contributed by atoms with Gasteiger partial charge in [-0.25, -0.2) is 0 Å². The highest BCUT2D eigenvalue weighted by atomic mass is 16.4. The molecule has 0 radical (unpaired) electrons. The lowest BCUT2D eigenvalue weighted by atomic mass is 9.96. The Labute approximate surface area is 466 Å². The first kappa shape index (κ1) is 96.0. The molecule has 0 bridgehead atoms. The minimum atomic E-state index is -2.97. The van der Waals surface area contributed by atoms with Crippen LogP contribution in [0, 0.1) is 0 Å². The number of likely N-dealkylation sites (N-methyl/N-ethyl adjacent to an activating group) is 7. The Balaban J connectivity index is -0.0000000830. The molecular formula is C49H111N7O22. The Hall–Kier alpha value is -4.31. The molecule has 29 heteroatoms. The summed E-state index contributed by atoms with van der Waals surface area (Å²) in [6, 6.07) is 0. The number of carboxylic acid groups (broad SMARTS) is 7. The number of hydrogen-bond donors (Lipinski definition) is 8. The molecule has 0 aliphatic heterocycles. The van der Waals surface area contributed by atoms with Gasteiger partial charge in [0.25, 0.3) is 0 Å². The SMILES string of the molecule is C[N+](C)(C)CCO.C[N+](C)(C)CCO.C[N+](C)(C)CCO.C[N+](C)(C)CCO.C[N+](C)(C)CCO.C[N+](C)(C)CCO.C[N+](C)(C)CCO.O=C([O-])CC(O)(CC(=O)[O-])C(=O)[O-].O=C([O-])CCC(=O)[O-].O=C([O-])CCC(=O)[O-]. The molecule has 0 aliphatic carbocycles. The molecular weight excluding hydrogens is 1040 g/mol. The summed E-state index contributed by atoms with van der Waals surface area (Å²) in [5.41, 5.74) is -2.97. The average Bonchev–Trinajstić information content (AvgIpc) is 3.15. The Bertz CT molecular complexity index is 1260. The van der Waals surface area contributed by atoms with Crippen molar-refractivity contribution in [2.75, 3.05) is 240 Å². The summed E-state index contributed by atoms with van der Waals surface area (Å²) in [4.78, 5) is 68.0. The van der Waals surface area contributed by atoms with Gasteiger partial charge in [-0.15, -0.1) is 0 Å². The molecule has 0 aliphatic rings. The van der Waals surface area contributed by atoms with Crippen LogP contribution in [0.1, 0.15) is 38.5 Å². The van der Waals surface area contributed by atoms with Crippen molar-refractivity contribution >= 4 is 41.8 Å². The highest BCUT2D eigenvalue weighted by Crippen LogP contribution is 2.13. The molecule has 0 saturated carbocycles. The number of aliphatic carboxylic acids is 7. The first-order valence-electron chi connectivity index (χ1n) is 24.5. The largest absolute Gasteiger partial charge is 0.550 e. The maximum atomic E-state index is 10.1. The van der Waals surface area contributed by atoms with E-state index in [1.807, 2.05) is 0 Å². The van der Waals surface area contributed by atoms with Gasteiger partial charge in [0.1, 0.15) is 51.4 Å². The van der Waals surface area contributed by atoms with Gasteiger partial charge >= 0.3 is 0 Å². The normalized spacial score (nSPS) is 11.1. The minimum absolute atomic E-state index is 0.281. The molecule has 78 heavy (non-hydrogen) atoms. The number of aliphatic hydroxyl groups is 8. The van der Waals surface area contributed by atoms with Crippen molar-refractivity contribution < 1.29 is 142 Å². The lowest BCUT2D eigenvalue weighted by molar-refractivity contribution is -0.870. The van der Waals surface area contributed by atoms with Crippen LogP contribution in [-0.2, 0) is 33.6 Å². The zero-order valence-corrected chi connectivity index (χ0v) is 51.6. The summed E-state index contributed by atoms with van der Waals surface area (Å²) in [5, 5.41) is 136. The second kappa shape index (κ2) is 52.1. The zero-order valence-electron chi connectivity index (χ0n) is 51.6. The highest BCUT2D eigenvalue weighted by molar-refractivity contribution is 5.86. The predicted octanol–water partition coefficient (Wildman–Crippen LogP) is -12.9. The summed E-state index contributed by atoms with van der Waals surface area (Å²) >= 11 is 0. The summed E-state index contributed by atoms with van der Waals surface area (Å²) in [6.07, 6.45) is -4.60. The fourth-order valence-corrected chi connectivity index (χ4v) is 3.19. The van der Waals surface area contributed by atoms with Crippen molar-refractivity contribution in [3.63, 3.8) is 0 Å². The molecule has 0 rings (SSSR count). The van der Waals surface area contributed by atoms with E-state index >= 15 is 0 Å². The van der Waals surface area contributed by atoms with E-state index in [1.54, 1.807) is 0 Å². The number of carbonyl (C=O) groups is 7. The first-order chi connectivity index (χ1) is 34.5. The number of quaternary nitrogens is 7. The van der Waals surface area contributed by atoms with Gasteiger partial charge in [-0.05, 0) is 25.7 Å². The monoisotopic (exact) mass is 1150 g/mol. The molecule has 0 fully saturated rings. The van der Waals surface area contributed by atoms with Crippen LogP contribution in [0.2, 0.25) is 0 Å². The Morgan fingerprint density at radius 1 is 0.269 bits per heavy atom. The van der Waals surface area contributed by atoms with E-state index in [0.29, 0.717) is 0 Å². The number of carbonyl (C=O) groups excluding carboxylic acids is 7. The number of nitrogens with zero attached hydrogens (tertiary/aromatic N) is 7. The lowest BCUT2D eigenvalue weighted by Crippen LogP contribution is -2.54. The van der Waals surface area contributed by atoms with Gasteiger partial charge in [-0.1, -0.05) is 0 Å². The Kier molecular flexibility index (Phi) is 64.1. The van der Waals surface area contributed by atoms with Crippen molar-refractivity contribution in [1.29, 1.82) is 0 Å². The van der Waals surface area contributed by atoms with Crippen LogP contribution < -0.4 is 35.7 Å². The Morgan fingerprint density at radius 2 is 0.385 bits per heavy atom. The molecule has 0 unspecified atom stereocenters. The van der Waals surface area contributed by atoms with Crippen LogP contribution in [0.25, 0.3) is 0 Å². The fourth-order valence-electron chi connectivity index (χ4n) is 3.19. The molecule has 29 nitrogen and oxygen atoms in total. The van der Waals surface area contributed by atoms with Gasteiger partial charge in [0.05, 0.1) is 200 Å². The van der Waals surface area contributed by atoms with E-state index in [1.165, 1.54) is 0 Å². The van der Waals surface area contributed by atoms with Crippen LogP contribution >= 0.6 is 0 Å². The van der Waals surface area contributed by atoms with E-state index in [4.69, 9.17) is 40.9 Å². The van der Waals surface area contributed by atoms with E-state index in [9.17, 15) is 69.3 Å². The van der Waals surface area contributed by atoms with Crippen molar-refractivity contribution in [2.45, 2.75) is 44.1 Å². The smallest absolute Gasteiger partial charge is 0.114 e. The van der Waals surface area contributed by atoms with Gasteiger partial charge in [0.2, 0.25) is 0 Å². The van der Waals surface area contributed by atoms with Crippen molar-refractivity contribution in [3.8, 4) is 0 Å². The number of hydrogen-bond acceptors (Lipinski definition) is 22. The van der Waals surface area contributed by atoms with Gasteiger partial charge in [0.15, 0.2) is 0 Å². The summed E-state index contributed by atoms with van der Waals surface area (Å²) < 4.78 is 5.91. The third-order valence-corrected chi connectivity index (χ3v) is 7.72. The maximum absolute atomic E-state index is 10.1. The zero-order chi connectivity index (χ0) is 65.2. The van der Waals surface area contributed by atoms with Crippen molar-refractivity contribution in [3.05, 3.63) is 0 Å². The second-order valence-electron chi connectivity index (χ2n) is 24.1. The van der Waals surface area contributed by atoms with E-state index in [2.05, 4.69) is 148 Å². The molecule has 0 atom stereocenters. The molecule has 8 N–H and O–H groups in total. The highest BCUT2D eigenvalue weighted by Gasteiger charge is 2.29. The number of carboxylic acids is 7. The molecule has 0 aromatic carbocycles. The van der Waals surface area contributed by atoms with Crippen molar-refractivity contribution in [1.82, 2.24) is 0 Å². The summed E-state index contributed by atoms with van der Waals surface area (Å²) in [6.45, 7) is 7.80. The van der Waals surface area contributed by atoms with Gasteiger partial charge < -0.3 is 142 Å². The maximum Gasteiger partial charge on any atom is 0.114 e. The first-order valence-corrected chi connectivity index (χ1v) is 24.5. The Morgan fingerprint density at radius 3 is 0.423 bits per heavy atom. The molecule has 0 amide bonds. The van der Waals surface area contributed by atoms with Crippen LogP contribution in [0.4, 0.5) is 0 Å². The van der Waals surface area contributed by atoms with Gasteiger partial charge in [-0.2, -0.15) is 0 Å². The summed E-state index contributed by atoms with van der Waals surface area (Å²) in [5.74, 6) is -11.5. The van der Waals surface area contributed by atoms with E-state index < -0.39 is 85.9 Å². The van der Waals surface area contributed by atoms with Gasteiger partial charge in [-0.3, -0.25) is 0 Å². The average molecular weight is 1150 g/mol. The minimum Gasteiger partial charge on any atom is -0.550 e. The molecule has 0 aromatic rings. The lowest BCUT2D eigenvalue weighted by Gasteiger charge is -2.29. The fraction of sp³-hybridized carbons (Fsp3) is 0.857. The number of aliphatic hydroxyl groups excluding tert-OH is 7. The predicted molar refractivity (Wildman–Crippen MR) is 278 cm³/mol. The standard InChI is InChI=1S/C6H8O7.7C5H14NO.2C4H6O4/c7-3(8)1-6(13,5(11)12)2-4(9)10;7*1-6(2,3)4-5-7;2*5-3(6)1-2-4(7)8/h13H,1-2H2,(H,7,8)(H,9,10)(H,11,12);7*7H,4-5H2,1-3H3;2*1-2H2,(H,5,6)(H,7,8)/q;7*+1;;/p-7. The van der Waals surface area contributed by atoms with Crippen LogP contribution in [0.5, 0.6) is 0 Å². The summed E-state index contributed by atoms with van der Waals surface area (Å²) in [7, 11) is 43.1. The third kappa shape index (κ3) is 145. The third-order valence-electron chi connectivity index (χ3n) is 7.72. The molecule has 0 heterocycles. The van der Waals surface area contributed by atoms with Crippen LogP contribution in [-0.4, -0.2) is 360 Å². The second-order valence-corrected chi connectivity index (χ2v) is 24.1. The van der Waals surface area contributed by atoms with Gasteiger partial charge in [0, 0.05) is 48.7 Å². The van der Waals surface area contributed by atoms with E-state index in [-0.39, 0.29) is 46.2 Å². The molecule has 474 valence electrons.